The lowest BCUT2D eigenvalue weighted by molar-refractivity contribution is 0.368. The van der Waals surface area contributed by atoms with Gasteiger partial charge in [-0.05, 0) is 44.2 Å². The van der Waals surface area contributed by atoms with E-state index in [0.717, 1.165) is 23.1 Å². The van der Waals surface area contributed by atoms with Gasteiger partial charge in [-0.2, -0.15) is 0 Å². The Bertz CT molecular complexity index is 1130. The number of phenols is 1. The second-order valence-electron chi connectivity index (χ2n) is 6.67. The van der Waals surface area contributed by atoms with Crippen LogP contribution in [-0.4, -0.2) is 24.9 Å². The van der Waals surface area contributed by atoms with Crippen molar-refractivity contribution >= 4 is 33.5 Å². The van der Waals surface area contributed by atoms with E-state index in [1.807, 2.05) is 30.3 Å². The molecule has 3 rings (SSSR count). The fourth-order valence-electron chi connectivity index (χ4n) is 3.09. The van der Waals surface area contributed by atoms with E-state index in [1.54, 1.807) is 26.0 Å². The van der Waals surface area contributed by atoms with Crippen LogP contribution in [0.15, 0.2) is 76.3 Å². The third-order valence-corrected chi connectivity index (χ3v) is 7.26. The lowest BCUT2D eigenvalue weighted by Gasteiger charge is -2.23. The summed E-state index contributed by atoms with van der Waals surface area (Å²) in [6.45, 7) is 3.40. The molecule has 0 spiro atoms. The maximum atomic E-state index is 14.2. The quantitative estimate of drug-likeness (QED) is 0.551. The van der Waals surface area contributed by atoms with Crippen molar-refractivity contribution in [2.45, 2.75) is 35.1 Å². The predicted octanol–water partition coefficient (Wildman–Crippen LogP) is 5.76. The first-order chi connectivity index (χ1) is 14.2. The molecule has 2 aromatic rings. The monoisotopic (exact) mass is 449 g/mol. The Balaban J connectivity index is 2.06. The number of phenolic OH excluding ortho intramolecular Hbond substituents is 1. The molecule has 2 N–H and O–H groups in total. The van der Waals surface area contributed by atoms with Crippen LogP contribution in [-0.2, 0) is 10.0 Å². The van der Waals surface area contributed by atoms with Crippen LogP contribution in [0.1, 0.15) is 18.1 Å². The molecule has 1 aliphatic rings. The second-order valence-corrected chi connectivity index (χ2v) is 9.59. The lowest BCUT2D eigenvalue weighted by atomic mass is 10.1. The summed E-state index contributed by atoms with van der Waals surface area (Å²) in [6.07, 6.45) is 4.39. The van der Waals surface area contributed by atoms with Crippen LogP contribution in [0.5, 0.6) is 5.75 Å². The highest BCUT2D eigenvalue weighted by Gasteiger charge is 2.38. The third kappa shape index (κ3) is 4.60. The lowest BCUT2D eigenvalue weighted by Crippen LogP contribution is -2.36. The molecule has 2 atom stereocenters. The van der Waals surface area contributed by atoms with Crippen molar-refractivity contribution < 1.29 is 22.3 Å². The largest absolute Gasteiger partial charge is 0.506 e. The molecule has 0 bridgehead atoms. The van der Waals surface area contributed by atoms with Crippen LogP contribution in [0.3, 0.4) is 0 Å². The highest BCUT2D eigenvalue weighted by atomic mass is 32.2. The molecular formula is C22H21F2NO3S2. The van der Waals surface area contributed by atoms with Gasteiger partial charge in [-0.15, -0.1) is 0 Å². The number of halogens is 2. The van der Waals surface area contributed by atoms with Gasteiger partial charge in [0, 0.05) is 16.0 Å². The maximum Gasteiger partial charge on any atom is 0.245 e. The van der Waals surface area contributed by atoms with E-state index in [4.69, 9.17) is 0 Å². The molecule has 0 heterocycles. The number of anilines is 1. The third-order valence-electron chi connectivity index (χ3n) is 4.56. The standard InChI is InChI=1S/C22H21F2NO3S2/c1-3-8-16-14(2)21(26)20(29-15-9-5-4-6-10-15)13-19(16)25-30(27,28)22-17(23)11-7-12-18(22)24/h3-13,17,22,25-26H,1-2H3. The molecule has 0 fully saturated rings. The van der Waals surface area contributed by atoms with Gasteiger partial charge in [0.2, 0.25) is 10.0 Å². The van der Waals surface area contributed by atoms with Crippen LogP contribution < -0.4 is 4.72 Å². The van der Waals surface area contributed by atoms with E-state index in [0.29, 0.717) is 16.0 Å². The van der Waals surface area contributed by atoms with Gasteiger partial charge in [0.1, 0.15) is 17.7 Å². The molecule has 158 valence electrons. The Morgan fingerprint density at radius 3 is 2.57 bits per heavy atom. The number of alkyl halides is 1. The molecule has 8 heteroatoms. The minimum absolute atomic E-state index is 0.00921. The van der Waals surface area contributed by atoms with Crippen molar-refractivity contribution in [2.75, 3.05) is 4.72 Å². The maximum absolute atomic E-state index is 14.2. The van der Waals surface area contributed by atoms with Gasteiger partial charge >= 0.3 is 0 Å². The van der Waals surface area contributed by atoms with Gasteiger partial charge < -0.3 is 5.11 Å². The van der Waals surface area contributed by atoms with Crippen molar-refractivity contribution in [1.29, 1.82) is 0 Å². The van der Waals surface area contributed by atoms with Gasteiger partial charge in [0.05, 0.1) is 10.6 Å². The van der Waals surface area contributed by atoms with Crippen LogP contribution in [0.25, 0.3) is 6.08 Å². The number of hydrogen-bond acceptors (Lipinski definition) is 4. The molecule has 0 amide bonds. The van der Waals surface area contributed by atoms with Crippen molar-refractivity contribution in [2.24, 2.45) is 0 Å². The zero-order valence-corrected chi connectivity index (χ0v) is 18.0. The van der Waals surface area contributed by atoms with Crippen LogP contribution in [0.2, 0.25) is 0 Å². The average molecular weight is 450 g/mol. The zero-order valence-electron chi connectivity index (χ0n) is 16.3. The number of hydrogen-bond donors (Lipinski definition) is 2. The molecule has 0 aromatic heterocycles. The van der Waals surface area contributed by atoms with Crippen LogP contribution in [0.4, 0.5) is 14.5 Å². The average Bonchev–Trinajstić information content (AvgIpc) is 2.69. The Kier molecular flexibility index (Phi) is 6.67. The molecule has 2 unspecified atom stereocenters. The Hall–Kier alpha value is -2.58. The van der Waals surface area contributed by atoms with E-state index < -0.39 is 27.3 Å². The molecule has 0 saturated carbocycles. The van der Waals surface area contributed by atoms with Crippen molar-refractivity contribution in [3.8, 4) is 5.75 Å². The first-order valence-electron chi connectivity index (χ1n) is 9.16. The Morgan fingerprint density at radius 1 is 1.23 bits per heavy atom. The summed E-state index contributed by atoms with van der Waals surface area (Å²) in [5, 5.41) is 8.68. The zero-order chi connectivity index (χ0) is 21.9. The van der Waals surface area contributed by atoms with Crippen LogP contribution in [0, 0.1) is 6.92 Å². The number of nitrogens with one attached hydrogen (secondary N) is 1. The molecule has 2 aromatic carbocycles. The minimum atomic E-state index is -4.44. The molecule has 30 heavy (non-hydrogen) atoms. The van der Waals surface area contributed by atoms with Gasteiger partial charge in [-0.1, -0.05) is 48.2 Å². The molecular weight excluding hydrogens is 428 g/mol. The Labute approximate surface area is 179 Å². The summed E-state index contributed by atoms with van der Waals surface area (Å²) in [5.41, 5.74) is 1.00. The van der Waals surface area contributed by atoms with E-state index in [1.165, 1.54) is 17.8 Å². The van der Waals surface area contributed by atoms with E-state index in [2.05, 4.69) is 4.72 Å². The summed E-state index contributed by atoms with van der Waals surface area (Å²) in [5.74, 6) is -1.06. The molecule has 4 nitrogen and oxygen atoms in total. The van der Waals surface area contributed by atoms with Crippen molar-refractivity contribution in [1.82, 2.24) is 0 Å². The SMILES string of the molecule is CC=Cc1c(NS(=O)(=O)C2C(F)=CC=CC2F)cc(Sc2ccccc2)c(O)c1C. The van der Waals surface area contributed by atoms with Gasteiger partial charge in [0.15, 0.2) is 5.25 Å². The highest BCUT2D eigenvalue weighted by molar-refractivity contribution is 7.99. The number of sulfonamides is 1. The normalized spacial score (nSPS) is 19.1. The van der Waals surface area contributed by atoms with Gasteiger partial charge in [0.25, 0.3) is 0 Å². The second kappa shape index (κ2) is 9.06. The fourth-order valence-corrected chi connectivity index (χ4v) is 5.47. The summed E-state index contributed by atoms with van der Waals surface area (Å²) < 4.78 is 56.4. The number of allylic oxidation sites excluding steroid dienone is 4. The molecule has 0 aliphatic heterocycles. The summed E-state index contributed by atoms with van der Waals surface area (Å²) in [6, 6.07) is 10.7. The number of rotatable bonds is 6. The Morgan fingerprint density at radius 2 is 1.93 bits per heavy atom. The number of aromatic hydroxyl groups is 1. The van der Waals surface area contributed by atoms with Crippen molar-refractivity contribution in [3.63, 3.8) is 0 Å². The highest BCUT2D eigenvalue weighted by Crippen LogP contribution is 2.42. The van der Waals surface area contributed by atoms with Crippen LogP contribution >= 0.6 is 11.8 Å². The first kappa shape index (κ1) is 22.1. The smallest absolute Gasteiger partial charge is 0.245 e. The fraction of sp³-hybridized carbons (Fsp3) is 0.182. The molecule has 1 aliphatic carbocycles. The summed E-state index contributed by atoms with van der Waals surface area (Å²) in [4.78, 5) is 1.26. The summed E-state index contributed by atoms with van der Waals surface area (Å²) in [7, 11) is -4.44. The van der Waals surface area contributed by atoms with E-state index in [9.17, 15) is 22.3 Å². The predicted molar refractivity (Wildman–Crippen MR) is 118 cm³/mol. The summed E-state index contributed by atoms with van der Waals surface area (Å²) >= 11 is 1.25. The molecule has 0 saturated heterocycles. The van der Waals surface area contributed by atoms with E-state index >= 15 is 0 Å². The molecule has 0 radical (unpaired) electrons. The first-order valence-corrected chi connectivity index (χ1v) is 11.5. The minimum Gasteiger partial charge on any atom is -0.506 e. The topological polar surface area (TPSA) is 66.4 Å². The van der Waals surface area contributed by atoms with E-state index in [-0.39, 0.29) is 11.4 Å². The van der Waals surface area contributed by atoms with Gasteiger partial charge in [-0.25, -0.2) is 17.2 Å². The van der Waals surface area contributed by atoms with Crippen molar-refractivity contribution in [3.05, 3.63) is 77.7 Å². The number of benzene rings is 2. The van der Waals surface area contributed by atoms with Gasteiger partial charge in [-0.3, -0.25) is 4.72 Å².